The maximum Gasteiger partial charge on any atom is 0.290 e. The second kappa shape index (κ2) is 15.7. The summed E-state index contributed by atoms with van der Waals surface area (Å²) in [7, 11) is -5.62. The van der Waals surface area contributed by atoms with Gasteiger partial charge in [-0.2, -0.15) is 13.9 Å². The second-order valence-electron chi connectivity index (χ2n) is 17.3. The Bertz CT molecular complexity index is 2730. The number of rotatable bonds is 18. The van der Waals surface area contributed by atoms with Crippen molar-refractivity contribution in [1.29, 1.82) is 5.41 Å². The van der Waals surface area contributed by atoms with Gasteiger partial charge in [0.2, 0.25) is 15.9 Å². The molecule has 0 aliphatic heterocycles. The molecule has 0 spiro atoms. The first-order valence-electron chi connectivity index (χ1n) is 20.3. The molecule has 2 aromatic carbocycles. The van der Waals surface area contributed by atoms with Crippen LogP contribution in [-0.4, -0.2) is 77.4 Å². The highest BCUT2D eigenvalue weighted by Crippen LogP contribution is 2.62. The number of sulfonamides is 1. The SMILES string of the molecule is Cn1nc(NS(=O)(=O)C2CC2)c2cccc(-c3ccc(CCC(C)(C)S(=O)(=O)C4CC4)nc3[C@H](Cc3cc(F)cc(F)c3)NC(=O)CNC3=C(C(=N)C(F)F)[C@H]4C[C@H]4C3(F)F)c21. The van der Waals surface area contributed by atoms with Gasteiger partial charge < -0.3 is 10.6 Å². The third-order valence-electron chi connectivity index (χ3n) is 12.2. The third-order valence-corrected chi connectivity index (χ3v) is 17.2. The third kappa shape index (κ3) is 8.31. The predicted octanol–water partition coefficient (Wildman–Crippen LogP) is 6.92. The number of hydrogen-bond acceptors (Lipinski definition) is 9. The summed E-state index contributed by atoms with van der Waals surface area (Å²) in [6.45, 7) is 2.43. The number of nitrogens with zero attached hydrogens (tertiary/aromatic N) is 3. The summed E-state index contributed by atoms with van der Waals surface area (Å²) in [6.07, 6.45) is -1.21. The molecule has 2 aromatic heterocycles. The van der Waals surface area contributed by atoms with E-state index in [2.05, 4.69) is 20.5 Å². The molecule has 4 aromatic rings. The molecule has 4 aliphatic carbocycles. The van der Waals surface area contributed by atoms with Crippen molar-refractivity contribution in [2.75, 3.05) is 11.3 Å². The maximum absolute atomic E-state index is 15.4. The zero-order chi connectivity index (χ0) is 44.7. The van der Waals surface area contributed by atoms with E-state index in [1.807, 2.05) is 0 Å². The number of halogens is 6. The molecule has 12 nitrogen and oxygen atoms in total. The number of anilines is 1. The van der Waals surface area contributed by atoms with Crippen LogP contribution in [0.2, 0.25) is 0 Å². The van der Waals surface area contributed by atoms with Crippen LogP contribution < -0.4 is 15.4 Å². The normalized spacial score (nSPS) is 20.4. The van der Waals surface area contributed by atoms with E-state index in [9.17, 15) is 39.2 Å². The summed E-state index contributed by atoms with van der Waals surface area (Å²) < 4.78 is 143. The van der Waals surface area contributed by atoms with Gasteiger partial charge in [0.05, 0.1) is 44.7 Å². The van der Waals surface area contributed by atoms with Crippen molar-refractivity contribution >= 4 is 48.2 Å². The predicted molar refractivity (Wildman–Crippen MR) is 220 cm³/mol. The average Bonchev–Trinajstić information content (AvgIpc) is 4.05. The van der Waals surface area contributed by atoms with Crippen molar-refractivity contribution in [1.82, 2.24) is 25.4 Å². The summed E-state index contributed by atoms with van der Waals surface area (Å²) >= 11 is 0. The number of nitrogens with one attached hydrogen (secondary N) is 4. The first kappa shape index (κ1) is 43.7. The highest BCUT2D eigenvalue weighted by molar-refractivity contribution is 7.93. The number of hydrogen-bond donors (Lipinski definition) is 4. The van der Waals surface area contributed by atoms with Crippen molar-refractivity contribution in [2.24, 2.45) is 18.9 Å². The highest BCUT2D eigenvalue weighted by atomic mass is 32.2. The topological polar surface area (TPSA) is 176 Å². The van der Waals surface area contributed by atoms with Crippen LogP contribution in [-0.2, 0) is 44.5 Å². The minimum atomic E-state index is -3.74. The number of pyridine rings is 1. The van der Waals surface area contributed by atoms with Crippen LogP contribution in [0.25, 0.3) is 22.0 Å². The number of carbonyl (C=O) groups excluding carboxylic acids is 1. The molecule has 1 amide bonds. The average molecular weight is 906 g/mol. The molecule has 20 heteroatoms. The van der Waals surface area contributed by atoms with Crippen LogP contribution in [0.5, 0.6) is 0 Å². The molecular weight excluding hydrogens is 861 g/mol. The molecule has 2 heterocycles. The molecule has 62 heavy (non-hydrogen) atoms. The van der Waals surface area contributed by atoms with E-state index in [-0.39, 0.29) is 42.8 Å². The van der Waals surface area contributed by atoms with Gasteiger partial charge in [0, 0.05) is 46.8 Å². The number of sulfone groups is 1. The summed E-state index contributed by atoms with van der Waals surface area (Å²) in [5, 5.41) is 16.8. The van der Waals surface area contributed by atoms with Crippen LogP contribution >= 0.6 is 0 Å². The Morgan fingerprint density at radius 3 is 2.31 bits per heavy atom. The Labute approximate surface area is 354 Å². The van der Waals surface area contributed by atoms with Crippen LogP contribution in [0.1, 0.15) is 75.4 Å². The van der Waals surface area contributed by atoms with Crippen LogP contribution in [0, 0.1) is 28.9 Å². The standard InChI is InChI=1S/C42H45F6N7O5S2/c1-41(2,61(57,58)25-8-9-25)14-13-24-7-12-27(28-5-4-6-29-37(28)55(3)53-40(29)54-62(59,60)26-10-11-26)36(51-24)32(17-21-15-22(43)18-23(44)16-21)52-33(56)20-50-38-34(35(49)39(45)46)30-19-31(30)42(38,47)48/h4-7,12,15-16,18,25-26,30-32,39,49-50H,8-11,13-14,17,19-20H2,1-3H3,(H,52,56)(H,53,54)/t30-,31+,32-/m0/s1. The van der Waals surface area contributed by atoms with E-state index in [4.69, 9.17) is 10.4 Å². The largest absolute Gasteiger partial charge is 0.374 e. The first-order chi connectivity index (χ1) is 29.1. The second-order valence-corrected chi connectivity index (χ2v) is 22.1. The van der Waals surface area contributed by atoms with Gasteiger partial charge in [-0.1, -0.05) is 18.2 Å². The number of para-hydroxylation sites is 1. The Morgan fingerprint density at radius 1 is 0.984 bits per heavy atom. The summed E-state index contributed by atoms with van der Waals surface area (Å²) in [5.41, 5.74) is -0.858. The number of alkyl halides is 4. The fourth-order valence-corrected chi connectivity index (χ4v) is 11.9. The van der Waals surface area contributed by atoms with Crippen molar-refractivity contribution < 1.29 is 48.0 Å². The first-order valence-corrected chi connectivity index (χ1v) is 23.4. The van der Waals surface area contributed by atoms with Crippen LogP contribution in [0.3, 0.4) is 0 Å². The molecule has 3 fully saturated rings. The van der Waals surface area contributed by atoms with Gasteiger partial charge in [0.1, 0.15) is 17.3 Å². The minimum absolute atomic E-state index is 0.0718. The van der Waals surface area contributed by atoms with E-state index >= 15 is 8.78 Å². The lowest BCUT2D eigenvalue weighted by Gasteiger charge is -2.26. The highest BCUT2D eigenvalue weighted by Gasteiger charge is 2.66. The molecule has 0 unspecified atom stereocenters. The van der Waals surface area contributed by atoms with Gasteiger partial charge in [-0.25, -0.2) is 34.4 Å². The Morgan fingerprint density at radius 2 is 1.66 bits per heavy atom. The van der Waals surface area contributed by atoms with Crippen LogP contribution in [0.15, 0.2) is 59.8 Å². The summed E-state index contributed by atoms with van der Waals surface area (Å²) in [4.78, 5) is 18.8. The molecule has 4 N–H and O–H groups in total. The van der Waals surface area contributed by atoms with Crippen molar-refractivity contribution in [3.8, 4) is 11.1 Å². The van der Waals surface area contributed by atoms with E-state index in [1.165, 1.54) is 4.68 Å². The molecule has 332 valence electrons. The number of aromatic nitrogens is 3. The number of allylic oxidation sites excluding steroid dienone is 2. The zero-order valence-corrected chi connectivity index (χ0v) is 35.5. The molecule has 0 saturated heterocycles. The van der Waals surface area contributed by atoms with Gasteiger partial charge in [0.15, 0.2) is 15.7 Å². The van der Waals surface area contributed by atoms with Crippen molar-refractivity contribution in [3.63, 3.8) is 0 Å². The fourth-order valence-electron chi connectivity index (χ4n) is 8.50. The molecule has 3 saturated carbocycles. The number of amides is 1. The molecule has 0 bridgehead atoms. The monoisotopic (exact) mass is 905 g/mol. The zero-order valence-electron chi connectivity index (χ0n) is 33.9. The smallest absolute Gasteiger partial charge is 0.290 e. The Kier molecular flexibility index (Phi) is 11.0. The lowest BCUT2D eigenvalue weighted by atomic mass is 9.93. The van der Waals surface area contributed by atoms with E-state index in [1.54, 1.807) is 51.2 Å². The molecule has 0 radical (unpaired) electrons. The molecule has 8 rings (SSSR count). The molecule has 3 atom stereocenters. The number of aryl methyl sites for hydroxylation is 2. The van der Waals surface area contributed by atoms with Crippen LogP contribution in [0.4, 0.5) is 32.2 Å². The quantitative estimate of drug-likeness (QED) is 0.0615. The Balaban J connectivity index is 1.20. The number of benzene rings is 2. The lowest BCUT2D eigenvalue weighted by molar-refractivity contribution is -0.121. The van der Waals surface area contributed by atoms with Gasteiger partial charge in [-0.3, -0.25) is 24.6 Å². The fraction of sp³-hybridized carbons (Fsp3) is 0.476. The minimum Gasteiger partial charge on any atom is -0.374 e. The number of carbonyl (C=O) groups is 1. The Hall–Kier alpha value is -4.98. The van der Waals surface area contributed by atoms with Gasteiger partial charge in [-0.15, -0.1) is 0 Å². The van der Waals surface area contributed by atoms with Gasteiger partial charge in [0.25, 0.3) is 12.3 Å². The summed E-state index contributed by atoms with van der Waals surface area (Å²) in [5.74, 6) is -8.53. The van der Waals surface area contributed by atoms with E-state index in [0.717, 1.165) is 12.1 Å². The number of fused-ring (bicyclic) bond motifs is 2. The van der Waals surface area contributed by atoms with Gasteiger partial charge in [-0.05, 0) is 101 Å². The van der Waals surface area contributed by atoms with E-state index in [0.29, 0.717) is 59.5 Å². The van der Waals surface area contributed by atoms with E-state index < -0.39 is 106 Å². The molecule has 4 aliphatic rings. The molecular formula is C42H45F6N7O5S2. The van der Waals surface area contributed by atoms with Crippen molar-refractivity contribution in [2.45, 2.75) is 98.9 Å². The summed E-state index contributed by atoms with van der Waals surface area (Å²) in [6, 6.07) is 9.88. The van der Waals surface area contributed by atoms with Gasteiger partial charge >= 0.3 is 0 Å². The lowest BCUT2D eigenvalue weighted by Crippen LogP contribution is -2.41. The van der Waals surface area contributed by atoms with Crippen molar-refractivity contribution in [3.05, 3.63) is 88.4 Å². The maximum atomic E-state index is 15.4.